The summed E-state index contributed by atoms with van der Waals surface area (Å²) in [5, 5.41) is 10.4. The van der Waals surface area contributed by atoms with Crippen molar-refractivity contribution in [2.75, 3.05) is 13.2 Å². The summed E-state index contributed by atoms with van der Waals surface area (Å²) in [7, 11) is 0. The van der Waals surface area contributed by atoms with E-state index in [1.54, 1.807) is 31.2 Å². The lowest BCUT2D eigenvalue weighted by Gasteiger charge is -2.20. The van der Waals surface area contributed by atoms with Gasteiger partial charge in [0.25, 0.3) is 11.8 Å². The van der Waals surface area contributed by atoms with E-state index < -0.39 is 23.3 Å². The van der Waals surface area contributed by atoms with Crippen molar-refractivity contribution in [1.29, 1.82) is 0 Å². The number of carbonyl (C=O) groups is 4. The Morgan fingerprint density at radius 2 is 1.61 bits per heavy atom. The summed E-state index contributed by atoms with van der Waals surface area (Å²) >= 11 is 0. The lowest BCUT2D eigenvalue weighted by molar-refractivity contribution is -0.139. The molecular formula is C29H30N4O5. The molecule has 0 aliphatic heterocycles. The third-order valence-electron chi connectivity index (χ3n) is 6.28. The third-order valence-corrected chi connectivity index (χ3v) is 6.28. The van der Waals surface area contributed by atoms with E-state index in [0.717, 1.165) is 29.2 Å². The van der Waals surface area contributed by atoms with Gasteiger partial charge in [-0.05, 0) is 53.8 Å². The Balaban J connectivity index is 1.33. The van der Waals surface area contributed by atoms with Gasteiger partial charge in [0.2, 0.25) is 0 Å². The molecule has 0 spiro atoms. The van der Waals surface area contributed by atoms with Crippen molar-refractivity contribution in [1.82, 2.24) is 21.4 Å². The maximum Gasteiger partial charge on any atom is 0.309 e. The van der Waals surface area contributed by atoms with Gasteiger partial charge in [-0.1, -0.05) is 60.7 Å². The Kier molecular flexibility index (Phi) is 8.50. The minimum Gasteiger partial charge on any atom is -0.344 e. The van der Waals surface area contributed by atoms with E-state index >= 15 is 0 Å². The number of nitrogens with one attached hydrogen (secondary N) is 4. The average molecular weight is 515 g/mol. The SMILES string of the molecule is CCONC(=O)/C=C/CNC(=O)C(=O)NCc1ccccc1C(=O)NC1(c2ccc3ccccc3c2)CC1. The highest BCUT2D eigenvalue weighted by Crippen LogP contribution is 2.46. The van der Waals surface area contributed by atoms with Crippen molar-refractivity contribution in [3.63, 3.8) is 0 Å². The van der Waals surface area contributed by atoms with Gasteiger partial charge in [0.15, 0.2) is 0 Å². The molecule has 0 radical (unpaired) electrons. The van der Waals surface area contributed by atoms with E-state index in [2.05, 4.69) is 51.8 Å². The smallest absolute Gasteiger partial charge is 0.309 e. The van der Waals surface area contributed by atoms with Crippen LogP contribution in [0.25, 0.3) is 10.8 Å². The minimum atomic E-state index is -0.852. The molecule has 1 fully saturated rings. The van der Waals surface area contributed by atoms with Crippen molar-refractivity contribution in [3.8, 4) is 0 Å². The standard InChI is InChI=1S/C29H30N4O5/c1-2-38-33-25(34)12-7-17-30-27(36)28(37)31-19-22-10-5-6-11-24(22)26(35)32-29(15-16-29)23-14-13-20-8-3-4-9-21(20)18-23/h3-14,18H,2,15-17,19H2,1H3,(H,30,36)(H,31,37)(H,32,35)(H,33,34)/b12-7+. The number of amides is 4. The first-order valence-corrected chi connectivity index (χ1v) is 12.5. The summed E-state index contributed by atoms with van der Waals surface area (Å²) in [6.45, 7) is 2.04. The molecular weight excluding hydrogens is 484 g/mol. The number of hydroxylamine groups is 1. The van der Waals surface area contributed by atoms with Crippen LogP contribution in [-0.2, 0) is 31.3 Å². The highest BCUT2D eigenvalue weighted by Gasteiger charge is 2.46. The highest BCUT2D eigenvalue weighted by atomic mass is 16.6. The Labute approximate surface area is 220 Å². The second kappa shape index (κ2) is 12.2. The fraction of sp³-hybridized carbons (Fsp3) is 0.241. The Hall–Kier alpha value is -4.50. The van der Waals surface area contributed by atoms with Gasteiger partial charge in [-0.25, -0.2) is 5.48 Å². The first-order valence-electron chi connectivity index (χ1n) is 12.5. The molecule has 9 nitrogen and oxygen atoms in total. The molecule has 0 unspecified atom stereocenters. The maximum absolute atomic E-state index is 13.3. The van der Waals surface area contributed by atoms with Crippen LogP contribution in [0.1, 0.15) is 41.3 Å². The van der Waals surface area contributed by atoms with Crippen molar-refractivity contribution < 1.29 is 24.0 Å². The van der Waals surface area contributed by atoms with E-state index in [1.807, 2.05) is 12.1 Å². The normalized spacial score (nSPS) is 13.6. The summed E-state index contributed by atoms with van der Waals surface area (Å²) in [4.78, 5) is 53.8. The summed E-state index contributed by atoms with van der Waals surface area (Å²) in [5.41, 5.74) is 3.86. The molecule has 0 aromatic heterocycles. The monoisotopic (exact) mass is 514 g/mol. The van der Waals surface area contributed by atoms with Crippen molar-refractivity contribution >= 4 is 34.4 Å². The van der Waals surface area contributed by atoms with Crippen LogP contribution < -0.4 is 21.4 Å². The zero-order valence-electron chi connectivity index (χ0n) is 21.1. The maximum atomic E-state index is 13.3. The van der Waals surface area contributed by atoms with Crippen LogP contribution in [0, 0.1) is 0 Å². The van der Waals surface area contributed by atoms with E-state index in [9.17, 15) is 19.2 Å². The van der Waals surface area contributed by atoms with Crippen LogP contribution in [0.15, 0.2) is 78.9 Å². The lowest BCUT2D eigenvalue weighted by Crippen LogP contribution is -2.40. The van der Waals surface area contributed by atoms with Crippen LogP contribution in [0.2, 0.25) is 0 Å². The molecule has 3 aromatic carbocycles. The number of fused-ring (bicyclic) bond motifs is 1. The molecule has 1 aliphatic rings. The molecule has 1 aliphatic carbocycles. The quantitative estimate of drug-likeness (QED) is 0.188. The molecule has 0 saturated heterocycles. The first-order chi connectivity index (χ1) is 18.4. The average Bonchev–Trinajstić information content (AvgIpc) is 3.73. The zero-order valence-corrected chi connectivity index (χ0v) is 21.1. The largest absolute Gasteiger partial charge is 0.344 e. The van der Waals surface area contributed by atoms with Crippen LogP contribution >= 0.6 is 0 Å². The van der Waals surface area contributed by atoms with E-state index in [4.69, 9.17) is 4.84 Å². The summed E-state index contributed by atoms with van der Waals surface area (Å²) < 4.78 is 0. The van der Waals surface area contributed by atoms with Gasteiger partial charge >= 0.3 is 11.8 Å². The molecule has 3 aromatic rings. The number of benzene rings is 3. The highest BCUT2D eigenvalue weighted by molar-refractivity contribution is 6.35. The molecule has 9 heteroatoms. The Bertz CT molecular complexity index is 1380. The molecule has 4 N–H and O–H groups in total. The second-order valence-electron chi connectivity index (χ2n) is 8.95. The van der Waals surface area contributed by atoms with Crippen LogP contribution in [0.5, 0.6) is 0 Å². The minimum absolute atomic E-state index is 0.00538. The topological polar surface area (TPSA) is 126 Å². The molecule has 0 bridgehead atoms. The summed E-state index contributed by atoms with van der Waals surface area (Å²) in [6.07, 6.45) is 4.27. The summed E-state index contributed by atoms with van der Waals surface area (Å²) in [5.74, 6) is -2.41. The van der Waals surface area contributed by atoms with Gasteiger partial charge in [-0.3, -0.25) is 24.0 Å². The van der Waals surface area contributed by atoms with Gasteiger partial charge in [0.1, 0.15) is 0 Å². The first kappa shape index (κ1) is 26.6. The Morgan fingerprint density at radius 3 is 2.37 bits per heavy atom. The van der Waals surface area contributed by atoms with Crippen molar-refractivity contribution in [2.45, 2.75) is 31.8 Å². The molecule has 4 amide bonds. The lowest BCUT2D eigenvalue weighted by atomic mass is 9.99. The predicted molar refractivity (Wildman–Crippen MR) is 143 cm³/mol. The molecule has 38 heavy (non-hydrogen) atoms. The van der Waals surface area contributed by atoms with Crippen LogP contribution in [0.3, 0.4) is 0 Å². The van der Waals surface area contributed by atoms with E-state index in [0.29, 0.717) is 17.7 Å². The number of hydrogen-bond donors (Lipinski definition) is 4. The van der Waals surface area contributed by atoms with Gasteiger partial charge in [0.05, 0.1) is 12.1 Å². The van der Waals surface area contributed by atoms with Gasteiger partial charge in [-0.15, -0.1) is 0 Å². The second-order valence-corrected chi connectivity index (χ2v) is 8.95. The van der Waals surface area contributed by atoms with Crippen molar-refractivity contribution in [2.24, 2.45) is 0 Å². The molecule has 1 saturated carbocycles. The Morgan fingerprint density at radius 1 is 0.895 bits per heavy atom. The fourth-order valence-electron chi connectivity index (χ4n) is 4.11. The molecule has 196 valence electrons. The van der Waals surface area contributed by atoms with E-state index in [-0.39, 0.29) is 19.0 Å². The number of carbonyl (C=O) groups excluding carboxylic acids is 4. The van der Waals surface area contributed by atoms with Crippen LogP contribution in [0.4, 0.5) is 0 Å². The van der Waals surface area contributed by atoms with Gasteiger partial charge in [0, 0.05) is 24.7 Å². The zero-order chi connectivity index (χ0) is 27.0. The number of rotatable bonds is 10. The predicted octanol–water partition coefficient (Wildman–Crippen LogP) is 2.62. The fourth-order valence-corrected chi connectivity index (χ4v) is 4.11. The third kappa shape index (κ3) is 6.63. The van der Waals surface area contributed by atoms with Crippen molar-refractivity contribution in [3.05, 3.63) is 95.6 Å². The van der Waals surface area contributed by atoms with Gasteiger partial charge in [-0.2, -0.15) is 0 Å². The van der Waals surface area contributed by atoms with Gasteiger partial charge < -0.3 is 16.0 Å². The van der Waals surface area contributed by atoms with Crippen LogP contribution in [-0.4, -0.2) is 36.8 Å². The molecule has 0 heterocycles. The number of hydrogen-bond acceptors (Lipinski definition) is 5. The van der Waals surface area contributed by atoms with E-state index in [1.165, 1.54) is 12.2 Å². The summed E-state index contributed by atoms with van der Waals surface area (Å²) in [6, 6.07) is 21.3. The molecule has 4 rings (SSSR count). The molecule has 0 atom stereocenters.